The van der Waals surface area contributed by atoms with Crippen LogP contribution in [0.1, 0.15) is 13.8 Å². The first kappa shape index (κ1) is 7.40. The third kappa shape index (κ3) is 6.40. The van der Waals surface area contributed by atoms with Crippen LogP contribution in [0.3, 0.4) is 0 Å². The molecule has 44 valence electrons. The fraction of sp³-hybridized carbons (Fsp3) is 1.00. The lowest BCUT2D eigenvalue weighted by Crippen LogP contribution is -2.09. The summed E-state index contributed by atoms with van der Waals surface area (Å²) < 4.78 is 4.72. The van der Waals surface area contributed by atoms with E-state index in [1.54, 1.807) is 13.8 Å². The van der Waals surface area contributed by atoms with Crippen molar-refractivity contribution in [3.63, 3.8) is 0 Å². The lowest BCUT2D eigenvalue weighted by atomic mass is 10.7. The summed E-state index contributed by atoms with van der Waals surface area (Å²) in [4.78, 5) is 0. The van der Waals surface area contributed by atoms with Gasteiger partial charge < -0.3 is 9.84 Å². The van der Waals surface area contributed by atoms with Gasteiger partial charge in [0.25, 0.3) is 0 Å². The van der Waals surface area contributed by atoms with Crippen molar-refractivity contribution in [3.05, 3.63) is 0 Å². The molecule has 0 spiro atoms. The maximum Gasteiger partial charge on any atom is 0.153 e. The average molecular weight is 169 g/mol. The number of ether oxygens (including phenoxy) is 1. The highest BCUT2D eigenvalue weighted by Crippen LogP contribution is 2.00. The topological polar surface area (TPSA) is 29.5 Å². The number of halogens is 1. The van der Waals surface area contributed by atoms with Gasteiger partial charge in [0.2, 0.25) is 0 Å². The molecule has 0 bridgehead atoms. The van der Waals surface area contributed by atoms with E-state index in [2.05, 4.69) is 15.9 Å². The molecule has 0 aromatic heterocycles. The third-order valence-electron chi connectivity index (χ3n) is 0.384. The monoisotopic (exact) mass is 168 g/mol. The van der Waals surface area contributed by atoms with Gasteiger partial charge in [0.1, 0.15) is 5.01 Å². The predicted molar refractivity (Wildman–Crippen MR) is 31.2 cm³/mol. The summed E-state index contributed by atoms with van der Waals surface area (Å²) in [6.45, 7) is 3.37. The van der Waals surface area contributed by atoms with Crippen molar-refractivity contribution in [2.24, 2.45) is 0 Å². The zero-order valence-electron chi connectivity index (χ0n) is 4.39. The molecule has 0 fully saturated rings. The Bertz CT molecular complexity index is 39.0. The summed E-state index contributed by atoms with van der Waals surface area (Å²) >= 11 is 3.09. The van der Waals surface area contributed by atoms with Crippen LogP contribution in [0.5, 0.6) is 0 Å². The van der Waals surface area contributed by atoms with E-state index >= 15 is 0 Å². The fourth-order valence-corrected chi connectivity index (χ4v) is 0.584. The fourth-order valence-electron chi connectivity index (χ4n) is 0.271. The van der Waals surface area contributed by atoms with Crippen LogP contribution in [-0.2, 0) is 4.74 Å². The molecule has 2 nitrogen and oxygen atoms in total. The van der Waals surface area contributed by atoms with Gasteiger partial charge in [0.15, 0.2) is 6.29 Å². The Labute approximate surface area is 51.6 Å². The minimum Gasteiger partial charge on any atom is -0.368 e. The van der Waals surface area contributed by atoms with Crippen LogP contribution >= 0.6 is 15.9 Å². The lowest BCUT2D eigenvalue weighted by molar-refractivity contribution is -0.0892. The van der Waals surface area contributed by atoms with E-state index in [0.717, 1.165) is 0 Å². The third-order valence-corrected chi connectivity index (χ3v) is 0.600. The second-order valence-electron chi connectivity index (χ2n) is 1.28. The molecule has 0 saturated heterocycles. The van der Waals surface area contributed by atoms with Crippen LogP contribution in [0.15, 0.2) is 0 Å². The van der Waals surface area contributed by atoms with E-state index in [9.17, 15) is 0 Å². The summed E-state index contributed by atoms with van der Waals surface area (Å²) in [5, 5.41) is 8.41. The summed E-state index contributed by atoms with van der Waals surface area (Å²) in [6.07, 6.45) is -0.672. The van der Waals surface area contributed by atoms with Crippen LogP contribution in [-0.4, -0.2) is 16.4 Å². The molecule has 0 aliphatic carbocycles. The summed E-state index contributed by atoms with van der Waals surface area (Å²) in [5.74, 6) is 0. The maximum atomic E-state index is 8.47. The van der Waals surface area contributed by atoms with Crippen LogP contribution < -0.4 is 0 Å². The summed E-state index contributed by atoms with van der Waals surface area (Å²) in [5.41, 5.74) is 0. The molecular weight excluding hydrogens is 160 g/mol. The van der Waals surface area contributed by atoms with Crippen LogP contribution in [0.2, 0.25) is 0 Å². The molecule has 0 saturated carbocycles. The molecule has 0 aliphatic rings. The van der Waals surface area contributed by atoms with Crippen molar-refractivity contribution in [3.8, 4) is 0 Å². The maximum absolute atomic E-state index is 8.47. The smallest absolute Gasteiger partial charge is 0.153 e. The number of rotatable bonds is 2. The molecule has 0 aliphatic heterocycles. The molecule has 7 heavy (non-hydrogen) atoms. The van der Waals surface area contributed by atoms with Gasteiger partial charge in [0, 0.05) is 0 Å². The van der Waals surface area contributed by atoms with Crippen molar-refractivity contribution in [2.75, 3.05) is 0 Å². The molecule has 3 heteroatoms. The zero-order chi connectivity index (χ0) is 5.86. The number of hydrogen-bond acceptors (Lipinski definition) is 2. The molecule has 0 rings (SSSR count). The van der Waals surface area contributed by atoms with Gasteiger partial charge in [0.05, 0.1) is 0 Å². The number of aliphatic hydroxyl groups excluding tert-OH is 1. The first-order valence-electron chi connectivity index (χ1n) is 2.10. The molecule has 0 amide bonds. The van der Waals surface area contributed by atoms with Gasteiger partial charge in [-0.3, -0.25) is 0 Å². The van der Waals surface area contributed by atoms with E-state index in [0.29, 0.717) is 0 Å². The first-order valence-corrected chi connectivity index (χ1v) is 3.02. The van der Waals surface area contributed by atoms with Crippen LogP contribution in [0.25, 0.3) is 0 Å². The van der Waals surface area contributed by atoms with E-state index in [4.69, 9.17) is 9.84 Å². The van der Waals surface area contributed by atoms with Gasteiger partial charge in [-0.25, -0.2) is 0 Å². The summed E-state index contributed by atoms with van der Waals surface area (Å²) in [6, 6.07) is 0. The summed E-state index contributed by atoms with van der Waals surface area (Å²) in [7, 11) is 0. The Balaban J connectivity index is 2.95. The molecular formula is C4H9BrO2. The highest BCUT2D eigenvalue weighted by Gasteiger charge is 1.97. The van der Waals surface area contributed by atoms with Gasteiger partial charge in [-0.15, -0.1) is 0 Å². The SMILES string of the molecule is CC(O)OC(C)Br. The van der Waals surface area contributed by atoms with Crippen molar-refractivity contribution < 1.29 is 9.84 Å². The van der Waals surface area contributed by atoms with E-state index in [1.165, 1.54) is 0 Å². The van der Waals surface area contributed by atoms with Crippen molar-refractivity contribution in [1.82, 2.24) is 0 Å². The highest BCUT2D eigenvalue weighted by molar-refractivity contribution is 9.09. The molecule has 0 heterocycles. The molecule has 0 aromatic rings. The van der Waals surface area contributed by atoms with E-state index < -0.39 is 6.29 Å². The first-order chi connectivity index (χ1) is 3.13. The second kappa shape index (κ2) is 3.41. The molecule has 1 N–H and O–H groups in total. The Morgan fingerprint density at radius 3 is 2.00 bits per heavy atom. The molecule has 0 radical (unpaired) electrons. The van der Waals surface area contributed by atoms with Crippen molar-refractivity contribution in [2.45, 2.75) is 25.2 Å². The Kier molecular flexibility index (Phi) is 3.60. The minimum atomic E-state index is -0.672. The van der Waals surface area contributed by atoms with Gasteiger partial charge in [-0.1, -0.05) is 15.9 Å². The van der Waals surface area contributed by atoms with Gasteiger partial charge >= 0.3 is 0 Å². The molecule has 2 atom stereocenters. The van der Waals surface area contributed by atoms with Crippen molar-refractivity contribution >= 4 is 15.9 Å². The van der Waals surface area contributed by atoms with E-state index in [1.807, 2.05) is 0 Å². The predicted octanol–water partition coefficient (Wildman–Crippen LogP) is 1.08. The lowest BCUT2D eigenvalue weighted by Gasteiger charge is -2.06. The van der Waals surface area contributed by atoms with Crippen LogP contribution in [0.4, 0.5) is 0 Å². The standard InChI is InChI=1S/C4H9BrO2/c1-3(5)7-4(2)6/h3-4,6H,1-2H3. The normalized spacial score (nSPS) is 18.9. The second-order valence-corrected chi connectivity index (χ2v) is 2.57. The van der Waals surface area contributed by atoms with Crippen molar-refractivity contribution in [1.29, 1.82) is 0 Å². The minimum absolute atomic E-state index is 0.0625. The number of alkyl halides is 1. The molecule has 2 unspecified atom stereocenters. The Morgan fingerprint density at radius 1 is 1.57 bits per heavy atom. The number of aliphatic hydroxyl groups is 1. The largest absolute Gasteiger partial charge is 0.368 e. The quantitative estimate of drug-likeness (QED) is 0.495. The Morgan fingerprint density at radius 2 is 2.00 bits per heavy atom. The Hall–Kier alpha value is 0.400. The highest BCUT2D eigenvalue weighted by atomic mass is 79.9. The van der Waals surface area contributed by atoms with Gasteiger partial charge in [-0.05, 0) is 13.8 Å². The number of hydrogen-bond donors (Lipinski definition) is 1. The molecule has 0 aromatic carbocycles. The van der Waals surface area contributed by atoms with E-state index in [-0.39, 0.29) is 5.01 Å². The van der Waals surface area contributed by atoms with Gasteiger partial charge in [-0.2, -0.15) is 0 Å². The zero-order valence-corrected chi connectivity index (χ0v) is 5.97. The average Bonchev–Trinajstić information content (AvgIpc) is 1.27. The van der Waals surface area contributed by atoms with Crippen LogP contribution in [0, 0.1) is 0 Å².